The Morgan fingerprint density at radius 3 is 2.80 bits per heavy atom. The summed E-state index contributed by atoms with van der Waals surface area (Å²) < 4.78 is 4.91. The van der Waals surface area contributed by atoms with Gasteiger partial charge in [-0.2, -0.15) is 0 Å². The third-order valence-corrected chi connectivity index (χ3v) is 2.17. The van der Waals surface area contributed by atoms with E-state index in [-0.39, 0.29) is 0 Å². The van der Waals surface area contributed by atoms with E-state index in [2.05, 4.69) is 12.2 Å². The van der Waals surface area contributed by atoms with Crippen LogP contribution < -0.4 is 5.32 Å². The molecule has 10 heavy (non-hydrogen) atoms. The number of nitrogens with one attached hydrogen (secondary N) is 1. The van der Waals surface area contributed by atoms with Crippen LogP contribution in [0.5, 0.6) is 0 Å². The maximum atomic E-state index is 4.91. The average Bonchev–Trinajstić information content (AvgIpc) is 2.60. The topological polar surface area (TPSA) is 21.3 Å². The van der Waals surface area contributed by atoms with E-state index in [1.807, 2.05) is 0 Å². The molecule has 0 aromatic carbocycles. The zero-order valence-electron chi connectivity index (χ0n) is 6.89. The van der Waals surface area contributed by atoms with Gasteiger partial charge in [-0.3, -0.25) is 0 Å². The average molecular weight is 143 g/mol. The van der Waals surface area contributed by atoms with Gasteiger partial charge in [0.1, 0.15) is 0 Å². The van der Waals surface area contributed by atoms with Crippen LogP contribution in [0.15, 0.2) is 0 Å². The molecule has 1 aliphatic carbocycles. The number of ether oxygens (including phenoxy) is 1. The lowest BCUT2D eigenvalue weighted by atomic mass is 10.3. The lowest BCUT2D eigenvalue weighted by Gasteiger charge is -2.01. The van der Waals surface area contributed by atoms with Gasteiger partial charge >= 0.3 is 0 Å². The standard InChI is InChI=1S/C8H17NO/c1-7-5-8(7)6-9-3-4-10-2/h7-9H,3-6H2,1-2H3/t7-,8-/m1/s1. The van der Waals surface area contributed by atoms with Crippen molar-refractivity contribution >= 4 is 0 Å². The van der Waals surface area contributed by atoms with E-state index in [9.17, 15) is 0 Å². The van der Waals surface area contributed by atoms with Gasteiger partial charge in [0.05, 0.1) is 6.61 Å². The molecule has 2 atom stereocenters. The van der Waals surface area contributed by atoms with E-state index in [4.69, 9.17) is 4.74 Å². The number of methoxy groups -OCH3 is 1. The Morgan fingerprint density at radius 1 is 1.60 bits per heavy atom. The minimum Gasteiger partial charge on any atom is -0.383 e. The Kier molecular flexibility index (Phi) is 3.16. The van der Waals surface area contributed by atoms with E-state index in [0.717, 1.165) is 25.0 Å². The third kappa shape index (κ3) is 2.67. The zero-order valence-corrected chi connectivity index (χ0v) is 6.89. The number of rotatable bonds is 5. The minimum atomic E-state index is 0.834. The van der Waals surface area contributed by atoms with Crippen LogP contribution in [-0.2, 0) is 4.74 Å². The van der Waals surface area contributed by atoms with Crippen LogP contribution >= 0.6 is 0 Å². The fourth-order valence-corrected chi connectivity index (χ4v) is 1.15. The Labute approximate surface area is 63.0 Å². The van der Waals surface area contributed by atoms with Crippen LogP contribution in [0.25, 0.3) is 0 Å². The molecule has 60 valence electrons. The SMILES string of the molecule is COCCNC[C@H]1C[C@H]1C. The summed E-state index contributed by atoms with van der Waals surface area (Å²) >= 11 is 0. The molecule has 0 radical (unpaired) electrons. The first kappa shape index (κ1) is 8.02. The molecule has 1 rings (SSSR count). The Morgan fingerprint density at radius 2 is 2.30 bits per heavy atom. The van der Waals surface area contributed by atoms with Crippen LogP contribution in [0.1, 0.15) is 13.3 Å². The number of hydrogen-bond acceptors (Lipinski definition) is 2. The molecular weight excluding hydrogens is 126 g/mol. The van der Waals surface area contributed by atoms with Crippen molar-refractivity contribution in [1.29, 1.82) is 0 Å². The molecule has 0 spiro atoms. The highest BCUT2D eigenvalue weighted by molar-refractivity contribution is 4.83. The molecule has 2 nitrogen and oxygen atoms in total. The Bertz CT molecular complexity index is 95.3. The largest absolute Gasteiger partial charge is 0.383 e. The molecule has 1 N–H and O–H groups in total. The van der Waals surface area contributed by atoms with E-state index >= 15 is 0 Å². The molecule has 0 heterocycles. The van der Waals surface area contributed by atoms with E-state index < -0.39 is 0 Å². The summed E-state index contributed by atoms with van der Waals surface area (Å²) in [6.45, 7) is 5.33. The molecule has 2 heteroatoms. The smallest absolute Gasteiger partial charge is 0.0587 e. The highest BCUT2D eigenvalue weighted by Gasteiger charge is 2.31. The van der Waals surface area contributed by atoms with Gasteiger partial charge in [0.2, 0.25) is 0 Å². The second kappa shape index (κ2) is 3.94. The number of hydrogen-bond donors (Lipinski definition) is 1. The van der Waals surface area contributed by atoms with Gasteiger partial charge in [-0.1, -0.05) is 6.92 Å². The van der Waals surface area contributed by atoms with Gasteiger partial charge in [0, 0.05) is 13.7 Å². The van der Waals surface area contributed by atoms with E-state index in [1.165, 1.54) is 13.0 Å². The minimum absolute atomic E-state index is 0.834. The lowest BCUT2D eigenvalue weighted by molar-refractivity contribution is 0.199. The molecule has 0 aromatic heterocycles. The molecule has 0 saturated heterocycles. The van der Waals surface area contributed by atoms with Gasteiger partial charge in [0.15, 0.2) is 0 Å². The van der Waals surface area contributed by atoms with Crippen LogP contribution in [0, 0.1) is 11.8 Å². The first-order chi connectivity index (χ1) is 4.84. The zero-order chi connectivity index (χ0) is 7.40. The van der Waals surface area contributed by atoms with Crippen molar-refractivity contribution in [2.75, 3.05) is 26.8 Å². The maximum absolute atomic E-state index is 4.91. The quantitative estimate of drug-likeness (QED) is 0.577. The molecule has 0 unspecified atom stereocenters. The summed E-state index contributed by atoms with van der Waals surface area (Å²) in [5.41, 5.74) is 0. The van der Waals surface area contributed by atoms with Crippen LogP contribution in [0.4, 0.5) is 0 Å². The fraction of sp³-hybridized carbons (Fsp3) is 1.00. The Hall–Kier alpha value is -0.0800. The Balaban J connectivity index is 1.78. The first-order valence-electron chi connectivity index (χ1n) is 4.04. The highest BCUT2D eigenvalue weighted by atomic mass is 16.5. The predicted molar refractivity (Wildman–Crippen MR) is 42.0 cm³/mol. The normalized spacial score (nSPS) is 30.6. The van der Waals surface area contributed by atoms with Gasteiger partial charge in [-0.05, 0) is 24.8 Å². The summed E-state index contributed by atoms with van der Waals surface area (Å²) in [6, 6.07) is 0. The lowest BCUT2D eigenvalue weighted by Crippen LogP contribution is -2.21. The molecular formula is C8H17NO. The van der Waals surface area contributed by atoms with Crippen molar-refractivity contribution in [2.45, 2.75) is 13.3 Å². The second-order valence-electron chi connectivity index (χ2n) is 3.17. The van der Waals surface area contributed by atoms with Crippen molar-refractivity contribution < 1.29 is 4.74 Å². The van der Waals surface area contributed by atoms with Crippen LogP contribution in [0.3, 0.4) is 0 Å². The van der Waals surface area contributed by atoms with Gasteiger partial charge in [0.25, 0.3) is 0 Å². The van der Waals surface area contributed by atoms with Crippen molar-refractivity contribution in [1.82, 2.24) is 5.32 Å². The highest BCUT2D eigenvalue weighted by Crippen LogP contribution is 2.36. The summed E-state index contributed by atoms with van der Waals surface area (Å²) in [4.78, 5) is 0. The monoisotopic (exact) mass is 143 g/mol. The summed E-state index contributed by atoms with van der Waals surface area (Å²) in [7, 11) is 1.74. The van der Waals surface area contributed by atoms with Gasteiger partial charge in [-0.25, -0.2) is 0 Å². The van der Waals surface area contributed by atoms with Gasteiger partial charge < -0.3 is 10.1 Å². The fourth-order valence-electron chi connectivity index (χ4n) is 1.15. The molecule has 0 bridgehead atoms. The van der Waals surface area contributed by atoms with Crippen molar-refractivity contribution in [3.05, 3.63) is 0 Å². The maximum Gasteiger partial charge on any atom is 0.0587 e. The summed E-state index contributed by atoms with van der Waals surface area (Å²) in [5.74, 6) is 1.92. The first-order valence-corrected chi connectivity index (χ1v) is 4.04. The van der Waals surface area contributed by atoms with Crippen molar-refractivity contribution in [3.8, 4) is 0 Å². The van der Waals surface area contributed by atoms with Crippen molar-refractivity contribution in [2.24, 2.45) is 11.8 Å². The molecule has 1 saturated carbocycles. The summed E-state index contributed by atoms with van der Waals surface area (Å²) in [6.07, 6.45) is 1.42. The van der Waals surface area contributed by atoms with E-state index in [1.54, 1.807) is 7.11 Å². The molecule has 0 aromatic rings. The van der Waals surface area contributed by atoms with E-state index in [0.29, 0.717) is 0 Å². The van der Waals surface area contributed by atoms with Crippen LogP contribution in [0.2, 0.25) is 0 Å². The second-order valence-corrected chi connectivity index (χ2v) is 3.17. The molecule has 1 aliphatic rings. The van der Waals surface area contributed by atoms with Crippen molar-refractivity contribution in [3.63, 3.8) is 0 Å². The molecule has 0 aliphatic heterocycles. The molecule has 0 amide bonds. The van der Waals surface area contributed by atoms with Crippen LogP contribution in [-0.4, -0.2) is 26.8 Å². The van der Waals surface area contributed by atoms with Gasteiger partial charge in [-0.15, -0.1) is 0 Å². The third-order valence-electron chi connectivity index (χ3n) is 2.17. The molecule has 1 fully saturated rings. The predicted octanol–water partition coefficient (Wildman–Crippen LogP) is 0.878. The summed E-state index contributed by atoms with van der Waals surface area (Å²) in [5, 5.41) is 3.35.